The monoisotopic (exact) mass is 421 g/mol. The van der Waals surface area contributed by atoms with E-state index in [4.69, 9.17) is 4.42 Å². The second-order valence-electron chi connectivity index (χ2n) is 7.45. The molecule has 0 N–H and O–H groups in total. The average molecular weight is 421 g/mol. The minimum atomic E-state index is -0.359. The van der Waals surface area contributed by atoms with E-state index in [0.717, 1.165) is 40.9 Å². The first-order valence-corrected chi connectivity index (χ1v) is 11.0. The summed E-state index contributed by atoms with van der Waals surface area (Å²) in [7, 11) is 0. The Morgan fingerprint density at radius 2 is 2.00 bits per heavy atom. The molecule has 0 bridgehead atoms. The molecule has 0 atom stereocenters. The number of halogens is 1. The van der Waals surface area contributed by atoms with Crippen LogP contribution in [-0.2, 0) is 12.2 Å². The van der Waals surface area contributed by atoms with Gasteiger partial charge in [0.2, 0.25) is 0 Å². The summed E-state index contributed by atoms with van der Waals surface area (Å²) in [6.45, 7) is 2.07. The highest BCUT2D eigenvalue weighted by Crippen LogP contribution is 2.42. The van der Waals surface area contributed by atoms with Crippen molar-refractivity contribution in [2.45, 2.75) is 43.1 Å². The predicted molar refractivity (Wildman–Crippen MR) is 115 cm³/mol. The predicted octanol–water partition coefficient (Wildman–Crippen LogP) is 5.38. The zero-order valence-electron chi connectivity index (χ0n) is 16.5. The number of hydrogen-bond donors (Lipinski definition) is 0. The van der Waals surface area contributed by atoms with Gasteiger partial charge in [-0.3, -0.25) is 4.57 Å². The first-order valence-electron chi connectivity index (χ1n) is 10.0. The van der Waals surface area contributed by atoms with E-state index in [2.05, 4.69) is 23.2 Å². The second kappa shape index (κ2) is 7.72. The maximum Gasteiger partial charge on any atom is 0.336 e. The van der Waals surface area contributed by atoms with E-state index in [1.165, 1.54) is 23.9 Å². The van der Waals surface area contributed by atoms with Crippen LogP contribution in [-0.4, -0.2) is 14.8 Å². The van der Waals surface area contributed by atoms with Crippen molar-refractivity contribution in [1.29, 1.82) is 0 Å². The average Bonchev–Trinajstić information content (AvgIpc) is 3.51. The van der Waals surface area contributed by atoms with Crippen LogP contribution < -0.4 is 5.63 Å². The third kappa shape index (κ3) is 3.54. The van der Waals surface area contributed by atoms with Crippen molar-refractivity contribution < 1.29 is 8.81 Å². The molecular formula is C23H20FN3O2S. The lowest BCUT2D eigenvalue weighted by atomic mass is 10.1. The van der Waals surface area contributed by atoms with Crippen molar-refractivity contribution in [1.82, 2.24) is 14.8 Å². The fraction of sp³-hybridized carbons (Fsp3) is 0.261. The highest BCUT2D eigenvalue weighted by molar-refractivity contribution is 7.98. The molecule has 0 amide bonds. The quantitative estimate of drug-likeness (QED) is 0.309. The zero-order valence-corrected chi connectivity index (χ0v) is 17.3. The van der Waals surface area contributed by atoms with Gasteiger partial charge in [0.15, 0.2) is 11.0 Å². The van der Waals surface area contributed by atoms with Crippen LogP contribution >= 0.6 is 11.8 Å². The van der Waals surface area contributed by atoms with Crippen molar-refractivity contribution in [3.8, 4) is 11.4 Å². The Hall–Kier alpha value is -2.93. The van der Waals surface area contributed by atoms with Crippen LogP contribution in [0.15, 0.2) is 62.9 Å². The van der Waals surface area contributed by atoms with Crippen LogP contribution in [0.4, 0.5) is 4.39 Å². The Morgan fingerprint density at radius 1 is 1.17 bits per heavy atom. The van der Waals surface area contributed by atoms with Gasteiger partial charge >= 0.3 is 5.63 Å². The Balaban J connectivity index is 1.49. The summed E-state index contributed by atoms with van der Waals surface area (Å²) in [6, 6.07) is 14.5. The van der Waals surface area contributed by atoms with E-state index < -0.39 is 0 Å². The fourth-order valence-electron chi connectivity index (χ4n) is 3.62. The molecule has 152 valence electrons. The molecule has 2 heterocycles. The summed E-state index contributed by atoms with van der Waals surface area (Å²) in [5.41, 5.74) is 2.72. The molecule has 5 nitrogen and oxygen atoms in total. The lowest BCUT2D eigenvalue weighted by Crippen LogP contribution is -2.02. The summed E-state index contributed by atoms with van der Waals surface area (Å²) in [4.78, 5) is 12.1. The Morgan fingerprint density at radius 3 is 2.77 bits per heavy atom. The first-order chi connectivity index (χ1) is 14.6. The van der Waals surface area contributed by atoms with E-state index in [9.17, 15) is 9.18 Å². The van der Waals surface area contributed by atoms with E-state index in [-0.39, 0.29) is 11.4 Å². The van der Waals surface area contributed by atoms with Gasteiger partial charge in [0.25, 0.3) is 0 Å². The summed E-state index contributed by atoms with van der Waals surface area (Å²) >= 11 is 1.51. The zero-order chi connectivity index (χ0) is 20.7. The normalized spacial score (nSPS) is 13.8. The molecule has 7 heteroatoms. The molecule has 0 radical (unpaired) electrons. The summed E-state index contributed by atoms with van der Waals surface area (Å²) in [5, 5.41) is 10.3. The third-order valence-electron chi connectivity index (χ3n) is 5.35. The number of benzene rings is 2. The van der Waals surface area contributed by atoms with Gasteiger partial charge in [0.05, 0.1) is 5.56 Å². The first kappa shape index (κ1) is 19.1. The van der Waals surface area contributed by atoms with Crippen LogP contribution in [0.5, 0.6) is 0 Å². The lowest BCUT2D eigenvalue weighted by Gasteiger charge is -2.10. The fourth-order valence-corrected chi connectivity index (χ4v) is 4.62. The van der Waals surface area contributed by atoms with Crippen molar-refractivity contribution in [2.75, 3.05) is 0 Å². The van der Waals surface area contributed by atoms with Crippen molar-refractivity contribution in [3.63, 3.8) is 0 Å². The van der Waals surface area contributed by atoms with Gasteiger partial charge < -0.3 is 4.42 Å². The van der Waals surface area contributed by atoms with Gasteiger partial charge in [-0.1, -0.05) is 43.0 Å². The minimum Gasteiger partial charge on any atom is -0.423 e. The van der Waals surface area contributed by atoms with Crippen molar-refractivity contribution in [2.24, 2.45) is 0 Å². The summed E-state index contributed by atoms with van der Waals surface area (Å²) < 4.78 is 21.8. The van der Waals surface area contributed by atoms with E-state index in [0.29, 0.717) is 28.8 Å². The molecule has 1 aliphatic carbocycles. The summed E-state index contributed by atoms with van der Waals surface area (Å²) in [5.74, 6) is 0.806. The highest BCUT2D eigenvalue weighted by Gasteiger charge is 2.31. The molecule has 0 unspecified atom stereocenters. The topological polar surface area (TPSA) is 60.9 Å². The molecule has 30 heavy (non-hydrogen) atoms. The smallest absolute Gasteiger partial charge is 0.336 e. The van der Waals surface area contributed by atoms with Gasteiger partial charge in [-0.05, 0) is 48.6 Å². The van der Waals surface area contributed by atoms with Gasteiger partial charge in [-0.15, -0.1) is 10.2 Å². The molecule has 1 fully saturated rings. The number of aryl methyl sites for hydroxylation is 1. The number of hydrogen-bond acceptors (Lipinski definition) is 5. The lowest BCUT2D eigenvalue weighted by molar-refractivity contribution is 0.559. The third-order valence-corrected chi connectivity index (χ3v) is 6.34. The van der Waals surface area contributed by atoms with Crippen molar-refractivity contribution in [3.05, 3.63) is 75.9 Å². The highest BCUT2D eigenvalue weighted by atomic mass is 32.2. The van der Waals surface area contributed by atoms with Crippen LogP contribution in [0.1, 0.15) is 36.9 Å². The van der Waals surface area contributed by atoms with Crippen LogP contribution in [0, 0.1) is 5.82 Å². The molecule has 1 saturated carbocycles. The van der Waals surface area contributed by atoms with Crippen LogP contribution in [0.2, 0.25) is 0 Å². The van der Waals surface area contributed by atoms with Gasteiger partial charge in [0, 0.05) is 23.2 Å². The maximum absolute atomic E-state index is 14.3. The Bertz CT molecular complexity index is 1290. The largest absolute Gasteiger partial charge is 0.423 e. The number of nitrogens with zero attached hydrogens (tertiary/aromatic N) is 3. The SMILES string of the molecule is CCc1ccc2c(CSc3nnc(-c4ccccc4F)n3C3CC3)cc(=O)oc2c1. The molecule has 4 aromatic rings. The molecule has 2 aromatic carbocycles. The van der Waals surface area contributed by atoms with Crippen molar-refractivity contribution >= 4 is 22.7 Å². The Kier molecular flexibility index (Phi) is 4.90. The van der Waals surface area contributed by atoms with Gasteiger partial charge in [-0.2, -0.15) is 0 Å². The summed E-state index contributed by atoms with van der Waals surface area (Å²) in [6.07, 6.45) is 2.94. The molecule has 0 saturated heterocycles. The number of thioether (sulfide) groups is 1. The molecule has 5 rings (SSSR count). The molecule has 2 aromatic heterocycles. The van der Waals surface area contributed by atoms with E-state index in [1.807, 2.05) is 16.7 Å². The number of aromatic nitrogens is 3. The number of rotatable bonds is 6. The van der Waals surface area contributed by atoms with Gasteiger partial charge in [-0.25, -0.2) is 9.18 Å². The minimum absolute atomic E-state index is 0.293. The maximum atomic E-state index is 14.3. The van der Waals surface area contributed by atoms with E-state index in [1.54, 1.807) is 18.2 Å². The molecule has 1 aliphatic rings. The molecule has 0 spiro atoms. The number of fused-ring (bicyclic) bond motifs is 1. The molecule has 0 aliphatic heterocycles. The van der Waals surface area contributed by atoms with Gasteiger partial charge in [0.1, 0.15) is 11.4 Å². The Labute approximate surface area is 176 Å². The standard InChI is InChI=1S/C23H20FN3O2S/c1-2-14-7-10-17-15(12-21(28)29-20(17)11-14)13-30-23-26-25-22(27(23)16-8-9-16)18-5-3-4-6-19(18)24/h3-7,10-12,16H,2,8-9,13H2,1H3. The van der Waals surface area contributed by atoms with Crippen LogP contribution in [0.25, 0.3) is 22.4 Å². The second-order valence-corrected chi connectivity index (χ2v) is 8.39. The molecular weight excluding hydrogens is 401 g/mol. The van der Waals surface area contributed by atoms with E-state index >= 15 is 0 Å². The van der Waals surface area contributed by atoms with Crippen LogP contribution in [0.3, 0.4) is 0 Å².